The maximum Gasteiger partial charge on any atom is 0.150 e. The summed E-state index contributed by atoms with van der Waals surface area (Å²) in [4.78, 5) is 12.4. The summed E-state index contributed by atoms with van der Waals surface area (Å²) in [6, 6.07) is 43.4. The monoisotopic (exact) mass is 410 g/mol. The second kappa shape index (κ2) is 8.87. The molecule has 0 aliphatic rings. The van der Waals surface area contributed by atoms with Crippen LogP contribution in [0.25, 0.3) is 44.5 Å². The smallest absolute Gasteiger partial charge is 0.150 e. The van der Waals surface area contributed by atoms with Crippen molar-refractivity contribution in [3.05, 3.63) is 133 Å². The van der Waals surface area contributed by atoms with Crippen LogP contribution in [-0.4, -0.2) is 6.29 Å². The summed E-state index contributed by atoms with van der Waals surface area (Å²) in [5.74, 6) is 0. The van der Waals surface area contributed by atoms with Crippen molar-refractivity contribution >= 4 is 6.29 Å². The van der Waals surface area contributed by atoms with Crippen molar-refractivity contribution in [3.63, 3.8) is 0 Å². The Hall–Kier alpha value is -4.23. The summed E-state index contributed by atoms with van der Waals surface area (Å²) in [5, 5.41) is 0. The molecule has 5 rings (SSSR count). The summed E-state index contributed by atoms with van der Waals surface area (Å²) in [7, 11) is 0. The van der Waals surface area contributed by atoms with Gasteiger partial charge in [0.05, 0.1) is 0 Å². The molecule has 152 valence electrons. The van der Waals surface area contributed by atoms with E-state index in [4.69, 9.17) is 0 Å². The zero-order valence-electron chi connectivity index (χ0n) is 17.6. The number of carbonyl (C=O) groups is 1. The van der Waals surface area contributed by atoms with Gasteiger partial charge in [0.15, 0.2) is 6.29 Å². The summed E-state index contributed by atoms with van der Waals surface area (Å²) in [6.07, 6.45) is 0.982. The van der Waals surface area contributed by atoms with E-state index in [1.165, 1.54) is 0 Å². The highest BCUT2D eigenvalue weighted by molar-refractivity contribution is 6.07. The zero-order valence-corrected chi connectivity index (χ0v) is 17.6. The minimum atomic E-state index is 0.689. The third kappa shape index (κ3) is 3.66. The van der Waals surface area contributed by atoms with E-state index < -0.39 is 0 Å². The molecule has 5 aromatic carbocycles. The van der Waals surface area contributed by atoms with Crippen LogP contribution in [0.1, 0.15) is 10.4 Å². The first-order valence-electron chi connectivity index (χ1n) is 10.7. The number of hydrogen-bond donors (Lipinski definition) is 0. The standard InChI is InChI=1S/C31H22O/c32-22-27-21-28(23-13-5-1-6-14-23)30(25-17-9-3-10-18-25)31(26-19-11-4-12-20-26)29(27)24-15-7-2-8-16-24/h1-22H. The molecule has 0 radical (unpaired) electrons. The lowest BCUT2D eigenvalue weighted by atomic mass is 9.80. The maximum absolute atomic E-state index is 12.4. The van der Waals surface area contributed by atoms with E-state index in [1.807, 2.05) is 54.6 Å². The molecule has 0 atom stereocenters. The number of rotatable bonds is 5. The Bertz CT molecular complexity index is 1340. The first kappa shape index (κ1) is 19.7. The second-order valence-corrected chi connectivity index (χ2v) is 7.72. The largest absolute Gasteiger partial charge is 0.298 e. The van der Waals surface area contributed by atoms with Gasteiger partial charge in [-0.25, -0.2) is 0 Å². The van der Waals surface area contributed by atoms with E-state index in [-0.39, 0.29) is 0 Å². The van der Waals surface area contributed by atoms with Gasteiger partial charge in [0, 0.05) is 11.1 Å². The fraction of sp³-hybridized carbons (Fsp3) is 0. The molecule has 0 spiro atoms. The van der Waals surface area contributed by atoms with Crippen molar-refractivity contribution in [2.24, 2.45) is 0 Å². The summed E-state index contributed by atoms with van der Waals surface area (Å²) >= 11 is 0. The average molecular weight is 411 g/mol. The van der Waals surface area contributed by atoms with E-state index in [0.29, 0.717) is 5.56 Å². The molecule has 0 bridgehead atoms. The lowest BCUT2D eigenvalue weighted by molar-refractivity contribution is 0.112. The third-order valence-electron chi connectivity index (χ3n) is 5.76. The van der Waals surface area contributed by atoms with E-state index in [9.17, 15) is 4.79 Å². The SMILES string of the molecule is O=Cc1cc(-c2ccccc2)c(-c2ccccc2)c(-c2ccccc2)c1-c1ccccc1. The van der Waals surface area contributed by atoms with Gasteiger partial charge < -0.3 is 0 Å². The molecule has 0 N–H and O–H groups in total. The van der Waals surface area contributed by atoms with Crippen LogP contribution in [0.4, 0.5) is 0 Å². The number of hydrogen-bond acceptors (Lipinski definition) is 1. The average Bonchev–Trinajstić information content (AvgIpc) is 2.89. The van der Waals surface area contributed by atoms with Gasteiger partial charge in [-0.05, 0) is 45.0 Å². The quantitative estimate of drug-likeness (QED) is 0.267. The maximum atomic E-state index is 12.4. The van der Waals surface area contributed by atoms with Crippen LogP contribution in [0.3, 0.4) is 0 Å². The van der Waals surface area contributed by atoms with Crippen LogP contribution in [0, 0.1) is 0 Å². The van der Waals surface area contributed by atoms with Crippen LogP contribution < -0.4 is 0 Å². The molecular weight excluding hydrogens is 388 g/mol. The van der Waals surface area contributed by atoms with Gasteiger partial charge in [-0.15, -0.1) is 0 Å². The van der Waals surface area contributed by atoms with Gasteiger partial charge in [0.25, 0.3) is 0 Å². The lowest BCUT2D eigenvalue weighted by Crippen LogP contribution is -1.99. The van der Waals surface area contributed by atoms with Crippen LogP contribution >= 0.6 is 0 Å². The van der Waals surface area contributed by atoms with Crippen molar-refractivity contribution in [2.45, 2.75) is 0 Å². The Morgan fingerprint density at radius 2 is 0.781 bits per heavy atom. The van der Waals surface area contributed by atoms with Gasteiger partial charge in [-0.2, -0.15) is 0 Å². The molecule has 0 saturated heterocycles. The highest BCUT2D eigenvalue weighted by Gasteiger charge is 2.22. The minimum Gasteiger partial charge on any atom is -0.298 e. The minimum absolute atomic E-state index is 0.689. The normalized spacial score (nSPS) is 10.6. The zero-order chi connectivity index (χ0) is 21.8. The van der Waals surface area contributed by atoms with Gasteiger partial charge >= 0.3 is 0 Å². The Balaban J connectivity index is 1.99. The molecule has 0 aliphatic carbocycles. The summed E-state index contributed by atoms with van der Waals surface area (Å²) in [5.41, 5.74) is 9.25. The molecular formula is C31H22O. The van der Waals surface area contributed by atoms with Crippen LogP contribution in [0.2, 0.25) is 0 Å². The Morgan fingerprint density at radius 1 is 0.406 bits per heavy atom. The molecule has 5 aromatic rings. The third-order valence-corrected chi connectivity index (χ3v) is 5.76. The molecule has 0 aromatic heterocycles. The van der Waals surface area contributed by atoms with Crippen LogP contribution in [-0.2, 0) is 0 Å². The predicted molar refractivity (Wildman–Crippen MR) is 134 cm³/mol. The number of carbonyl (C=O) groups excluding carboxylic acids is 1. The molecule has 0 aliphatic heterocycles. The van der Waals surface area contributed by atoms with Gasteiger partial charge in [-0.3, -0.25) is 4.79 Å². The molecule has 1 nitrogen and oxygen atoms in total. The Labute approximate surface area is 188 Å². The molecule has 32 heavy (non-hydrogen) atoms. The molecule has 0 heterocycles. The van der Waals surface area contributed by atoms with Crippen molar-refractivity contribution < 1.29 is 4.79 Å². The molecule has 0 amide bonds. The highest BCUT2D eigenvalue weighted by atomic mass is 16.1. The Kier molecular flexibility index (Phi) is 5.47. The fourth-order valence-corrected chi connectivity index (χ4v) is 4.36. The van der Waals surface area contributed by atoms with Gasteiger partial charge in [0.2, 0.25) is 0 Å². The topological polar surface area (TPSA) is 17.1 Å². The van der Waals surface area contributed by atoms with Gasteiger partial charge in [-0.1, -0.05) is 121 Å². The summed E-state index contributed by atoms with van der Waals surface area (Å²) in [6.45, 7) is 0. The first-order chi connectivity index (χ1) is 15.9. The summed E-state index contributed by atoms with van der Waals surface area (Å²) < 4.78 is 0. The molecule has 0 unspecified atom stereocenters. The van der Waals surface area contributed by atoms with E-state index in [0.717, 1.165) is 50.8 Å². The first-order valence-corrected chi connectivity index (χ1v) is 10.7. The van der Waals surface area contributed by atoms with Crippen LogP contribution in [0.15, 0.2) is 127 Å². The van der Waals surface area contributed by atoms with Crippen molar-refractivity contribution in [3.8, 4) is 44.5 Å². The van der Waals surface area contributed by atoms with E-state index >= 15 is 0 Å². The number of benzene rings is 5. The van der Waals surface area contributed by atoms with Crippen molar-refractivity contribution in [1.29, 1.82) is 0 Å². The molecule has 0 fully saturated rings. The molecule has 1 heteroatoms. The second-order valence-electron chi connectivity index (χ2n) is 7.72. The Morgan fingerprint density at radius 3 is 1.22 bits per heavy atom. The molecule has 0 saturated carbocycles. The number of aldehydes is 1. The van der Waals surface area contributed by atoms with E-state index in [2.05, 4.69) is 72.8 Å². The van der Waals surface area contributed by atoms with Crippen molar-refractivity contribution in [2.75, 3.05) is 0 Å². The lowest BCUT2D eigenvalue weighted by Gasteiger charge is -2.22. The van der Waals surface area contributed by atoms with Crippen LogP contribution in [0.5, 0.6) is 0 Å². The van der Waals surface area contributed by atoms with E-state index in [1.54, 1.807) is 0 Å². The van der Waals surface area contributed by atoms with Gasteiger partial charge in [0.1, 0.15) is 0 Å². The predicted octanol–water partition coefficient (Wildman–Crippen LogP) is 8.17. The highest BCUT2D eigenvalue weighted by Crippen LogP contribution is 2.46. The van der Waals surface area contributed by atoms with Crippen molar-refractivity contribution in [1.82, 2.24) is 0 Å². The fourth-order valence-electron chi connectivity index (χ4n) is 4.36.